The van der Waals surface area contributed by atoms with Gasteiger partial charge in [-0.05, 0) is 87.3 Å². The average molecular weight is 381 g/mol. The molecule has 0 saturated carbocycles. The number of carbonyl (C=O) groups excluding carboxylic acids is 1. The molecule has 0 saturated heterocycles. The fourth-order valence-corrected chi connectivity index (χ4v) is 3.54. The largest absolute Gasteiger partial charge is 0.478 e. The molecular formula is C22H27N3O3. The summed E-state index contributed by atoms with van der Waals surface area (Å²) in [5, 5.41) is 15.0. The summed E-state index contributed by atoms with van der Waals surface area (Å²) in [5.41, 5.74) is 4.60. The topological polar surface area (TPSA) is 81.7 Å². The van der Waals surface area contributed by atoms with Crippen LogP contribution in [0.2, 0.25) is 0 Å². The van der Waals surface area contributed by atoms with Gasteiger partial charge in [-0.15, -0.1) is 0 Å². The first-order valence-electron chi connectivity index (χ1n) is 9.59. The first-order valence-corrected chi connectivity index (χ1v) is 9.59. The number of nitrogens with one attached hydrogen (secondary N) is 2. The van der Waals surface area contributed by atoms with Crippen LogP contribution in [0.25, 0.3) is 0 Å². The highest BCUT2D eigenvalue weighted by atomic mass is 16.4. The Labute approximate surface area is 165 Å². The van der Waals surface area contributed by atoms with Crippen LogP contribution in [0, 0.1) is 0 Å². The summed E-state index contributed by atoms with van der Waals surface area (Å²) >= 11 is 0. The molecule has 2 amide bonds. The Hall–Kier alpha value is -2.86. The summed E-state index contributed by atoms with van der Waals surface area (Å²) in [6.07, 6.45) is 4.07. The predicted molar refractivity (Wildman–Crippen MR) is 110 cm³/mol. The molecule has 0 aliphatic heterocycles. The fourth-order valence-electron chi connectivity index (χ4n) is 3.54. The summed E-state index contributed by atoms with van der Waals surface area (Å²) in [4.78, 5) is 25.7. The maximum absolute atomic E-state index is 12.6. The van der Waals surface area contributed by atoms with Crippen molar-refractivity contribution in [2.75, 3.05) is 26.0 Å². The zero-order valence-electron chi connectivity index (χ0n) is 16.4. The van der Waals surface area contributed by atoms with Gasteiger partial charge in [-0.1, -0.05) is 18.2 Å². The number of anilines is 1. The van der Waals surface area contributed by atoms with Gasteiger partial charge in [0.15, 0.2) is 0 Å². The van der Waals surface area contributed by atoms with Gasteiger partial charge < -0.3 is 20.6 Å². The molecular weight excluding hydrogens is 354 g/mol. The smallest absolute Gasteiger partial charge is 0.335 e. The lowest BCUT2D eigenvalue weighted by Crippen LogP contribution is -2.34. The van der Waals surface area contributed by atoms with E-state index in [1.54, 1.807) is 24.3 Å². The molecule has 6 heteroatoms. The van der Waals surface area contributed by atoms with Crippen molar-refractivity contribution in [3.05, 3.63) is 64.7 Å². The first-order chi connectivity index (χ1) is 13.4. The molecule has 0 fully saturated rings. The maximum Gasteiger partial charge on any atom is 0.335 e. The summed E-state index contributed by atoms with van der Waals surface area (Å²) in [5.74, 6) is -0.960. The standard InChI is InChI=1S/C22H27N3O3/c1-25(2)13-12-20(16-6-8-17(9-7-16)21(26)27)24-22(28)23-19-11-10-15-4-3-5-18(15)14-19/h6-11,14,20H,3-5,12-13H2,1-2H3,(H,26,27)(H2,23,24,28). The summed E-state index contributed by atoms with van der Waals surface area (Å²) in [6, 6.07) is 12.3. The van der Waals surface area contributed by atoms with Gasteiger partial charge in [0.1, 0.15) is 0 Å². The molecule has 0 aromatic heterocycles. The van der Waals surface area contributed by atoms with Crippen molar-refractivity contribution < 1.29 is 14.7 Å². The summed E-state index contributed by atoms with van der Waals surface area (Å²) in [7, 11) is 3.96. The van der Waals surface area contributed by atoms with Crippen LogP contribution in [0.15, 0.2) is 42.5 Å². The minimum atomic E-state index is -0.960. The summed E-state index contributed by atoms with van der Waals surface area (Å²) < 4.78 is 0. The number of urea groups is 1. The van der Waals surface area contributed by atoms with Crippen LogP contribution in [0.3, 0.4) is 0 Å². The second-order valence-corrected chi connectivity index (χ2v) is 7.51. The van der Waals surface area contributed by atoms with Crippen LogP contribution >= 0.6 is 0 Å². The number of fused-ring (bicyclic) bond motifs is 1. The lowest BCUT2D eigenvalue weighted by Gasteiger charge is -2.22. The van der Waals surface area contributed by atoms with E-state index in [9.17, 15) is 9.59 Å². The number of carbonyl (C=O) groups is 2. The van der Waals surface area contributed by atoms with Crippen LogP contribution in [-0.4, -0.2) is 42.6 Å². The zero-order chi connectivity index (χ0) is 20.1. The Balaban J connectivity index is 1.69. The number of rotatable bonds is 7. The number of aromatic carboxylic acids is 1. The molecule has 0 radical (unpaired) electrons. The van der Waals surface area contributed by atoms with Gasteiger partial charge >= 0.3 is 12.0 Å². The number of amides is 2. The molecule has 0 spiro atoms. The van der Waals surface area contributed by atoms with Crippen molar-refractivity contribution in [2.24, 2.45) is 0 Å². The monoisotopic (exact) mass is 381 g/mol. The van der Waals surface area contributed by atoms with E-state index in [2.05, 4.69) is 27.7 Å². The van der Waals surface area contributed by atoms with E-state index >= 15 is 0 Å². The van der Waals surface area contributed by atoms with Gasteiger partial charge in [0.25, 0.3) is 0 Å². The minimum Gasteiger partial charge on any atom is -0.478 e. The van der Waals surface area contributed by atoms with Gasteiger partial charge in [0.2, 0.25) is 0 Å². The number of nitrogens with zero attached hydrogens (tertiary/aromatic N) is 1. The number of benzene rings is 2. The third kappa shape index (κ3) is 5.10. The fraction of sp³-hybridized carbons (Fsp3) is 0.364. The molecule has 0 bridgehead atoms. The van der Waals surface area contributed by atoms with Gasteiger partial charge in [0, 0.05) is 5.69 Å². The van der Waals surface area contributed by atoms with Crippen LogP contribution in [-0.2, 0) is 12.8 Å². The maximum atomic E-state index is 12.6. The molecule has 3 N–H and O–H groups in total. The zero-order valence-corrected chi connectivity index (χ0v) is 16.4. The molecule has 2 aromatic carbocycles. The molecule has 2 aromatic rings. The van der Waals surface area contributed by atoms with Crippen molar-refractivity contribution >= 4 is 17.7 Å². The van der Waals surface area contributed by atoms with E-state index in [4.69, 9.17) is 5.11 Å². The highest BCUT2D eigenvalue weighted by Crippen LogP contribution is 2.25. The number of carboxylic acids is 1. The Morgan fingerprint density at radius 2 is 1.79 bits per heavy atom. The van der Waals surface area contributed by atoms with Crippen LogP contribution in [0.4, 0.5) is 10.5 Å². The molecule has 1 atom stereocenters. The number of carboxylic acid groups (broad SMARTS) is 1. The molecule has 6 nitrogen and oxygen atoms in total. The molecule has 1 aliphatic rings. The van der Waals surface area contributed by atoms with Crippen molar-refractivity contribution in [1.29, 1.82) is 0 Å². The Kier molecular flexibility index (Phi) is 6.31. The van der Waals surface area contributed by atoms with Gasteiger partial charge in [-0.2, -0.15) is 0 Å². The Morgan fingerprint density at radius 3 is 2.46 bits per heavy atom. The van der Waals surface area contributed by atoms with Gasteiger partial charge in [-0.3, -0.25) is 0 Å². The Morgan fingerprint density at radius 1 is 1.07 bits per heavy atom. The van der Waals surface area contributed by atoms with Crippen LogP contribution < -0.4 is 10.6 Å². The number of aryl methyl sites for hydroxylation is 2. The molecule has 1 unspecified atom stereocenters. The van der Waals surface area contributed by atoms with E-state index < -0.39 is 5.97 Å². The molecule has 1 aliphatic carbocycles. The second kappa shape index (κ2) is 8.89. The molecule has 28 heavy (non-hydrogen) atoms. The van der Waals surface area contributed by atoms with Crippen LogP contribution in [0.5, 0.6) is 0 Å². The van der Waals surface area contributed by atoms with Crippen molar-refractivity contribution in [1.82, 2.24) is 10.2 Å². The normalized spacial score (nSPS) is 13.8. The highest BCUT2D eigenvalue weighted by molar-refractivity contribution is 5.90. The second-order valence-electron chi connectivity index (χ2n) is 7.51. The lowest BCUT2D eigenvalue weighted by molar-refractivity contribution is 0.0697. The molecule has 148 valence electrons. The van der Waals surface area contributed by atoms with Crippen LogP contribution in [0.1, 0.15) is 45.9 Å². The summed E-state index contributed by atoms with van der Waals surface area (Å²) in [6.45, 7) is 0.796. The van der Waals surface area contributed by atoms with E-state index in [1.807, 2.05) is 20.2 Å². The third-order valence-electron chi connectivity index (χ3n) is 5.09. The lowest BCUT2D eigenvalue weighted by atomic mass is 10.0. The quantitative estimate of drug-likeness (QED) is 0.683. The number of hydrogen-bond acceptors (Lipinski definition) is 3. The van der Waals surface area contributed by atoms with Gasteiger partial charge in [0.05, 0.1) is 11.6 Å². The van der Waals surface area contributed by atoms with Crippen molar-refractivity contribution in [2.45, 2.75) is 31.7 Å². The van der Waals surface area contributed by atoms with Gasteiger partial charge in [-0.25, -0.2) is 9.59 Å². The van der Waals surface area contributed by atoms with Crippen molar-refractivity contribution in [3.8, 4) is 0 Å². The number of hydrogen-bond donors (Lipinski definition) is 3. The SMILES string of the molecule is CN(C)CCC(NC(=O)Nc1ccc2c(c1)CCC2)c1ccc(C(=O)O)cc1. The van der Waals surface area contributed by atoms with E-state index in [0.717, 1.165) is 37.1 Å². The first kappa shape index (κ1) is 19.9. The third-order valence-corrected chi connectivity index (χ3v) is 5.09. The Bertz CT molecular complexity index is 847. The van der Waals surface area contributed by atoms with E-state index in [0.29, 0.717) is 0 Å². The predicted octanol–water partition coefficient (Wildman–Crippen LogP) is 3.69. The highest BCUT2D eigenvalue weighted by Gasteiger charge is 2.17. The molecule has 3 rings (SSSR count). The van der Waals surface area contributed by atoms with Crippen molar-refractivity contribution in [3.63, 3.8) is 0 Å². The van der Waals surface area contributed by atoms with E-state index in [-0.39, 0.29) is 17.6 Å². The van der Waals surface area contributed by atoms with E-state index in [1.165, 1.54) is 17.5 Å². The molecule has 0 heterocycles. The minimum absolute atomic E-state index is 0.209. The average Bonchev–Trinajstić information content (AvgIpc) is 3.13.